The van der Waals surface area contributed by atoms with Crippen molar-refractivity contribution in [2.45, 2.75) is 71.4 Å². The Bertz CT molecular complexity index is 338. The van der Waals surface area contributed by atoms with Crippen LogP contribution in [0.25, 0.3) is 0 Å². The number of carbonyl (C=O) groups excluding carboxylic acids is 2. The fraction of sp³-hybridized carbons (Fsp3) is 0.875. The van der Waals surface area contributed by atoms with Crippen LogP contribution in [0.2, 0.25) is 0 Å². The number of amides is 2. The third-order valence-electron chi connectivity index (χ3n) is 4.14. The van der Waals surface area contributed by atoms with Gasteiger partial charge in [-0.05, 0) is 32.1 Å². The van der Waals surface area contributed by atoms with Crippen LogP contribution >= 0.6 is 0 Å². The molecule has 5 nitrogen and oxygen atoms in total. The van der Waals surface area contributed by atoms with Crippen molar-refractivity contribution in [1.82, 2.24) is 10.6 Å². The fourth-order valence-corrected chi connectivity index (χ4v) is 2.64. The predicted octanol–water partition coefficient (Wildman–Crippen LogP) is 1.59. The Kier molecular flexibility index (Phi) is 7.72. The van der Waals surface area contributed by atoms with Gasteiger partial charge in [-0.3, -0.25) is 9.59 Å². The fourth-order valence-electron chi connectivity index (χ4n) is 2.64. The van der Waals surface area contributed by atoms with Crippen molar-refractivity contribution in [1.29, 1.82) is 0 Å². The summed E-state index contributed by atoms with van der Waals surface area (Å²) in [5.74, 6) is 0.344. The second kappa shape index (κ2) is 9.03. The molecule has 0 aromatic rings. The van der Waals surface area contributed by atoms with Gasteiger partial charge in [0.1, 0.15) is 0 Å². The quantitative estimate of drug-likeness (QED) is 0.637. The summed E-state index contributed by atoms with van der Waals surface area (Å²) in [6.07, 6.45) is 4.67. The summed E-state index contributed by atoms with van der Waals surface area (Å²) in [6, 6.07) is -0.145. The highest BCUT2D eigenvalue weighted by atomic mass is 16.3. The smallest absolute Gasteiger partial charge is 0.223 e. The summed E-state index contributed by atoms with van der Waals surface area (Å²) in [4.78, 5) is 23.7. The third kappa shape index (κ3) is 6.93. The first-order valence-corrected chi connectivity index (χ1v) is 8.15. The first-order valence-electron chi connectivity index (χ1n) is 8.15. The van der Waals surface area contributed by atoms with Crippen LogP contribution in [0.15, 0.2) is 0 Å². The average molecular weight is 298 g/mol. The average Bonchev–Trinajstić information content (AvgIpc) is 2.91. The minimum Gasteiger partial charge on any atom is -0.393 e. The second-order valence-corrected chi connectivity index (χ2v) is 6.55. The third-order valence-corrected chi connectivity index (χ3v) is 4.14. The summed E-state index contributed by atoms with van der Waals surface area (Å²) in [5.41, 5.74) is 0. The molecule has 5 heteroatoms. The summed E-state index contributed by atoms with van der Waals surface area (Å²) < 4.78 is 0. The van der Waals surface area contributed by atoms with Crippen molar-refractivity contribution in [3.63, 3.8) is 0 Å². The molecule has 0 heterocycles. The van der Waals surface area contributed by atoms with Gasteiger partial charge in [-0.1, -0.05) is 26.7 Å². The van der Waals surface area contributed by atoms with Crippen LogP contribution in [0.4, 0.5) is 0 Å². The van der Waals surface area contributed by atoms with Crippen molar-refractivity contribution >= 4 is 11.8 Å². The number of carbonyl (C=O) groups is 2. The van der Waals surface area contributed by atoms with E-state index in [0.29, 0.717) is 13.0 Å². The first-order chi connectivity index (χ1) is 9.90. The molecule has 0 spiro atoms. The molecule has 0 aromatic heterocycles. The summed E-state index contributed by atoms with van der Waals surface area (Å²) in [5, 5.41) is 15.4. The van der Waals surface area contributed by atoms with E-state index in [2.05, 4.69) is 10.6 Å². The minimum atomic E-state index is -0.384. The van der Waals surface area contributed by atoms with E-state index in [0.717, 1.165) is 25.7 Å². The number of hydrogen-bond donors (Lipinski definition) is 3. The van der Waals surface area contributed by atoms with Gasteiger partial charge in [0.15, 0.2) is 0 Å². The van der Waals surface area contributed by atoms with Crippen molar-refractivity contribution in [3.8, 4) is 0 Å². The van der Waals surface area contributed by atoms with Crippen LogP contribution in [0, 0.1) is 11.8 Å². The highest BCUT2D eigenvalue weighted by Crippen LogP contribution is 2.24. The van der Waals surface area contributed by atoms with Gasteiger partial charge in [-0.25, -0.2) is 0 Å². The minimum absolute atomic E-state index is 0.0785. The van der Waals surface area contributed by atoms with Crippen molar-refractivity contribution in [2.24, 2.45) is 11.8 Å². The van der Waals surface area contributed by atoms with Gasteiger partial charge in [0, 0.05) is 24.9 Å². The topological polar surface area (TPSA) is 78.4 Å². The molecule has 0 bridgehead atoms. The number of hydrogen-bond acceptors (Lipinski definition) is 3. The Morgan fingerprint density at radius 1 is 1.19 bits per heavy atom. The Labute approximate surface area is 127 Å². The van der Waals surface area contributed by atoms with Crippen LogP contribution in [0.5, 0.6) is 0 Å². The number of aliphatic hydroxyl groups excluding tert-OH is 1. The zero-order chi connectivity index (χ0) is 15.8. The molecule has 3 N–H and O–H groups in total. The number of aliphatic hydroxyl groups is 1. The Morgan fingerprint density at radius 2 is 1.81 bits per heavy atom. The Balaban J connectivity index is 2.16. The maximum Gasteiger partial charge on any atom is 0.223 e. The van der Waals surface area contributed by atoms with Crippen molar-refractivity contribution in [3.05, 3.63) is 0 Å². The van der Waals surface area contributed by atoms with E-state index in [1.54, 1.807) is 0 Å². The van der Waals surface area contributed by atoms with E-state index in [-0.39, 0.29) is 42.2 Å². The molecular weight excluding hydrogens is 268 g/mol. The Morgan fingerprint density at radius 3 is 2.38 bits per heavy atom. The molecule has 1 aliphatic rings. The monoisotopic (exact) mass is 298 g/mol. The zero-order valence-electron chi connectivity index (χ0n) is 13.5. The highest BCUT2D eigenvalue weighted by Gasteiger charge is 2.24. The van der Waals surface area contributed by atoms with Crippen LogP contribution in [0.3, 0.4) is 0 Å². The van der Waals surface area contributed by atoms with Gasteiger partial charge in [0.25, 0.3) is 0 Å². The molecule has 1 fully saturated rings. The van der Waals surface area contributed by atoms with Crippen LogP contribution in [0.1, 0.15) is 59.3 Å². The molecule has 1 saturated carbocycles. The lowest BCUT2D eigenvalue weighted by molar-refractivity contribution is -0.126. The van der Waals surface area contributed by atoms with Crippen molar-refractivity contribution < 1.29 is 14.7 Å². The Hall–Kier alpha value is -1.10. The molecule has 0 aromatic carbocycles. The van der Waals surface area contributed by atoms with Gasteiger partial charge >= 0.3 is 0 Å². The van der Waals surface area contributed by atoms with E-state index in [9.17, 15) is 14.7 Å². The van der Waals surface area contributed by atoms with Gasteiger partial charge in [0.2, 0.25) is 11.8 Å². The van der Waals surface area contributed by atoms with Crippen LogP contribution in [-0.2, 0) is 9.59 Å². The predicted molar refractivity (Wildman–Crippen MR) is 82.7 cm³/mol. The van der Waals surface area contributed by atoms with E-state index in [1.165, 1.54) is 0 Å². The summed E-state index contributed by atoms with van der Waals surface area (Å²) in [6.45, 7) is 6.23. The lowest BCUT2D eigenvalue weighted by atomic mass is 10.0. The molecule has 2 unspecified atom stereocenters. The SMILES string of the molecule is CC(CC(=O)NCCC(O)C(C)C)NC(=O)C1CCCC1. The molecule has 2 amide bonds. The maximum absolute atomic E-state index is 11.9. The van der Waals surface area contributed by atoms with E-state index in [4.69, 9.17) is 0 Å². The van der Waals surface area contributed by atoms with E-state index < -0.39 is 0 Å². The molecular formula is C16H30N2O3. The molecule has 1 aliphatic carbocycles. The lowest BCUT2D eigenvalue weighted by Gasteiger charge is -2.18. The summed E-state index contributed by atoms with van der Waals surface area (Å²) >= 11 is 0. The molecule has 1 rings (SSSR count). The van der Waals surface area contributed by atoms with Crippen LogP contribution < -0.4 is 10.6 Å². The van der Waals surface area contributed by atoms with Gasteiger partial charge in [-0.15, -0.1) is 0 Å². The van der Waals surface area contributed by atoms with Gasteiger partial charge < -0.3 is 15.7 Å². The highest BCUT2D eigenvalue weighted by molar-refractivity contribution is 5.81. The largest absolute Gasteiger partial charge is 0.393 e. The maximum atomic E-state index is 11.9. The molecule has 2 atom stereocenters. The summed E-state index contributed by atoms with van der Waals surface area (Å²) in [7, 11) is 0. The molecule has 0 saturated heterocycles. The zero-order valence-corrected chi connectivity index (χ0v) is 13.5. The first kappa shape index (κ1) is 18.0. The van der Waals surface area contributed by atoms with Crippen molar-refractivity contribution in [2.75, 3.05) is 6.54 Å². The molecule has 0 aliphatic heterocycles. The number of nitrogens with one attached hydrogen (secondary N) is 2. The van der Waals surface area contributed by atoms with Gasteiger partial charge in [-0.2, -0.15) is 0 Å². The second-order valence-electron chi connectivity index (χ2n) is 6.55. The van der Waals surface area contributed by atoms with E-state index >= 15 is 0 Å². The standard InChI is InChI=1S/C16H30N2O3/c1-11(2)14(19)8-9-17-15(20)10-12(3)18-16(21)13-6-4-5-7-13/h11-14,19H,4-10H2,1-3H3,(H,17,20)(H,18,21). The molecule has 0 radical (unpaired) electrons. The van der Waals surface area contributed by atoms with Gasteiger partial charge in [0.05, 0.1) is 6.10 Å². The van der Waals surface area contributed by atoms with Crippen LogP contribution in [-0.4, -0.2) is 35.6 Å². The molecule has 122 valence electrons. The number of rotatable bonds is 8. The van der Waals surface area contributed by atoms with E-state index in [1.807, 2.05) is 20.8 Å². The molecule has 21 heavy (non-hydrogen) atoms. The normalized spacial score (nSPS) is 18.5. The lowest BCUT2D eigenvalue weighted by Crippen LogP contribution is -2.40.